The zero-order valence-electron chi connectivity index (χ0n) is 10.0. The van der Waals surface area contributed by atoms with E-state index in [-0.39, 0.29) is 0 Å². The van der Waals surface area contributed by atoms with E-state index in [0.29, 0.717) is 0 Å². The third-order valence-corrected chi connectivity index (χ3v) is 4.16. The molecule has 0 atom stereocenters. The predicted octanol–water partition coefficient (Wildman–Crippen LogP) is 4.33. The first-order valence-corrected chi connectivity index (χ1v) is 7.27. The van der Waals surface area contributed by atoms with Crippen molar-refractivity contribution in [2.24, 2.45) is 0 Å². The van der Waals surface area contributed by atoms with Gasteiger partial charge in [0.1, 0.15) is 5.75 Å². The van der Waals surface area contributed by atoms with Crippen molar-refractivity contribution in [1.82, 2.24) is 0 Å². The topological polar surface area (TPSA) is 35.2 Å². The van der Waals surface area contributed by atoms with Crippen LogP contribution in [0.1, 0.15) is 5.56 Å². The molecule has 0 aliphatic rings. The molecule has 0 aromatic heterocycles. The minimum absolute atomic E-state index is 0.816. The Morgan fingerprint density at radius 3 is 2.56 bits per heavy atom. The molecule has 2 N–H and O–H groups in total. The summed E-state index contributed by atoms with van der Waals surface area (Å²) in [5.74, 6) is 1.77. The maximum Gasteiger partial charge on any atom is 0.118 e. The van der Waals surface area contributed by atoms with Gasteiger partial charge in [-0.1, -0.05) is 28.1 Å². The summed E-state index contributed by atoms with van der Waals surface area (Å²) in [4.78, 5) is 1.10. The lowest BCUT2D eigenvalue weighted by molar-refractivity contribution is 0.414. The van der Waals surface area contributed by atoms with Gasteiger partial charge in [-0.15, -0.1) is 11.8 Å². The average molecular weight is 324 g/mol. The normalized spacial score (nSPS) is 10.3. The van der Waals surface area contributed by atoms with Crippen LogP contribution in [-0.4, -0.2) is 7.11 Å². The first-order valence-electron chi connectivity index (χ1n) is 5.50. The van der Waals surface area contributed by atoms with Gasteiger partial charge in [-0.3, -0.25) is 0 Å². The number of anilines is 1. The largest absolute Gasteiger partial charge is 0.497 e. The van der Waals surface area contributed by atoms with E-state index < -0.39 is 0 Å². The van der Waals surface area contributed by atoms with Gasteiger partial charge in [0.05, 0.1) is 7.11 Å². The van der Waals surface area contributed by atoms with E-state index in [1.807, 2.05) is 30.3 Å². The Morgan fingerprint density at radius 1 is 1.17 bits per heavy atom. The van der Waals surface area contributed by atoms with Crippen molar-refractivity contribution in [2.75, 3.05) is 12.8 Å². The van der Waals surface area contributed by atoms with Crippen molar-refractivity contribution in [1.29, 1.82) is 0 Å². The van der Waals surface area contributed by atoms with E-state index in [1.54, 1.807) is 18.9 Å². The molecule has 0 unspecified atom stereocenters. The number of hydrogen-bond acceptors (Lipinski definition) is 3. The van der Waals surface area contributed by atoms with Crippen molar-refractivity contribution in [3.8, 4) is 5.75 Å². The van der Waals surface area contributed by atoms with E-state index in [0.717, 1.165) is 26.6 Å². The summed E-state index contributed by atoms with van der Waals surface area (Å²) in [6.45, 7) is 0. The number of thioether (sulfide) groups is 1. The molecular weight excluding hydrogens is 310 g/mol. The highest BCUT2D eigenvalue weighted by molar-refractivity contribution is 9.10. The lowest BCUT2D eigenvalue weighted by Crippen LogP contribution is -1.89. The monoisotopic (exact) mass is 323 g/mol. The second-order valence-electron chi connectivity index (χ2n) is 3.82. The van der Waals surface area contributed by atoms with Crippen molar-refractivity contribution >= 4 is 33.4 Å². The SMILES string of the molecule is COc1ccc(CSc2cc(Br)ccc2N)cc1. The van der Waals surface area contributed by atoms with Crippen molar-refractivity contribution in [3.63, 3.8) is 0 Å². The third kappa shape index (κ3) is 3.43. The van der Waals surface area contributed by atoms with Crippen molar-refractivity contribution in [3.05, 3.63) is 52.5 Å². The summed E-state index contributed by atoms with van der Waals surface area (Å²) in [6, 6.07) is 14.0. The molecular formula is C14H14BrNOS. The van der Waals surface area contributed by atoms with E-state index >= 15 is 0 Å². The molecule has 0 aliphatic carbocycles. The van der Waals surface area contributed by atoms with Gasteiger partial charge >= 0.3 is 0 Å². The minimum Gasteiger partial charge on any atom is -0.497 e. The number of ether oxygens (including phenoxy) is 1. The zero-order valence-corrected chi connectivity index (χ0v) is 12.4. The average Bonchev–Trinajstić information content (AvgIpc) is 2.40. The lowest BCUT2D eigenvalue weighted by atomic mass is 10.2. The first kappa shape index (κ1) is 13.3. The molecule has 18 heavy (non-hydrogen) atoms. The molecule has 2 nitrogen and oxygen atoms in total. The molecule has 0 amide bonds. The van der Waals surface area contributed by atoms with Crippen LogP contribution in [0.25, 0.3) is 0 Å². The molecule has 0 heterocycles. The van der Waals surface area contributed by atoms with Crippen molar-refractivity contribution in [2.45, 2.75) is 10.6 Å². The molecule has 0 saturated carbocycles. The molecule has 4 heteroatoms. The summed E-state index contributed by atoms with van der Waals surface area (Å²) >= 11 is 5.19. The highest BCUT2D eigenvalue weighted by Gasteiger charge is 2.02. The van der Waals surface area contributed by atoms with Crippen molar-refractivity contribution < 1.29 is 4.74 Å². The van der Waals surface area contributed by atoms with Gasteiger partial charge in [-0.05, 0) is 35.9 Å². The van der Waals surface area contributed by atoms with E-state index in [1.165, 1.54) is 5.56 Å². The molecule has 0 bridgehead atoms. The fourth-order valence-electron chi connectivity index (χ4n) is 1.52. The zero-order chi connectivity index (χ0) is 13.0. The molecule has 2 aromatic carbocycles. The van der Waals surface area contributed by atoms with Crippen LogP contribution < -0.4 is 10.5 Å². The van der Waals surface area contributed by atoms with Gasteiger partial charge in [0.25, 0.3) is 0 Å². The molecule has 0 spiro atoms. The lowest BCUT2D eigenvalue weighted by Gasteiger charge is -2.07. The maximum atomic E-state index is 5.94. The fraction of sp³-hybridized carbons (Fsp3) is 0.143. The maximum absolute atomic E-state index is 5.94. The van der Waals surface area contributed by atoms with Crippen LogP contribution in [0.2, 0.25) is 0 Å². The summed E-state index contributed by atoms with van der Waals surface area (Å²) < 4.78 is 6.18. The Hall–Kier alpha value is -1.13. The van der Waals surface area contributed by atoms with Crippen LogP contribution >= 0.6 is 27.7 Å². The predicted molar refractivity (Wildman–Crippen MR) is 81.1 cm³/mol. The van der Waals surface area contributed by atoms with E-state index in [9.17, 15) is 0 Å². The first-order chi connectivity index (χ1) is 8.69. The number of halogens is 1. The highest BCUT2D eigenvalue weighted by Crippen LogP contribution is 2.30. The summed E-state index contributed by atoms with van der Waals surface area (Å²) in [5.41, 5.74) is 8.00. The number of benzene rings is 2. The van der Waals surface area contributed by atoms with Crippen LogP contribution in [0.4, 0.5) is 5.69 Å². The fourth-order valence-corrected chi connectivity index (χ4v) is 2.99. The molecule has 2 aromatic rings. The van der Waals surface area contributed by atoms with Crippen LogP contribution in [0, 0.1) is 0 Å². The smallest absolute Gasteiger partial charge is 0.118 e. The number of hydrogen-bond donors (Lipinski definition) is 1. The Morgan fingerprint density at radius 2 is 1.89 bits per heavy atom. The second kappa shape index (κ2) is 6.16. The number of nitrogen functional groups attached to an aromatic ring is 1. The Bertz CT molecular complexity index is 528. The summed E-state index contributed by atoms with van der Waals surface area (Å²) in [6.07, 6.45) is 0. The van der Waals surface area contributed by atoms with E-state index in [4.69, 9.17) is 10.5 Å². The Balaban J connectivity index is 2.04. The second-order valence-corrected chi connectivity index (χ2v) is 5.75. The molecule has 0 saturated heterocycles. The quantitative estimate of drug-likeness (QED) is 0.671. The van der Waals surface area contributed by atoms with Gasteiger partial charge in [0, 0.05) is 20.8 Å². The number of methoxy groups -OCH3 is 1. The van der Waals surface area contributed by atoms with Crippen LogP contribution in [0.5, 0.6) is 5.75 Å². The highest BCUT2D eigenvalue weighted by atomic mass is 79.9. The van der Waals surface area contributed by atoms with Gasteiger partial charge in [-0.2, -0.15) is 0 Å². The molecule has 2 rings (SSSR count). The summed E-state index contributed by atoms with van der Waals surface area (Å²) in [5, 5.41) is 0. The Labute approximate surface area is 120 Å². The Kier molecular flexibility index (Phi) is 4.55. The summed E-state index contributed by atoms with van der Waals surface area (Å²) in [7, 11) is 1.67. The van der Waals surface area contributed by atoms with Crippen LogP contribution in [0.15, 0.2) is 51.8 Å². The molecule has 0 fully saturated rings. The van der Waals surface area contributed by atoms with Gasteiger partial charge in [0.15, 0.2) is 0 Å². The molecule has 94 valence electrons. The van der Waals surface area contributed by atoms with Crippen LogP contribution in [0.3, 0.4) is 0 Å². The van der Waals surface area contributed by atoms with Gasteiger partial charge in [-0.25, -0.2) is 0 Å². The van der Waals surface area contributed by atoms with E-state index in [2.05, 4.69) is 28.1 Å². The minimum atomic E-state index is 0.816. The molecule has 0 aliphatic heterocycles. The van der Waals surface area contributed by atoms with Gasteiger partial charge in [0.2, 0.25) is 0 Å². The standard InChI is InChI=1S/C14H14BrNOS/c1-17-12-5-2-10(3-6-12)9-18-14-8-11(15)4-7-13(14)16/h2-8H,9,16H2,1H3. The third-order valence-electron chi connectivity index (χ3n) is 2.53. The van der Waals surface area contributed by atoms with Crippen LogP contribution in [-0.2, 0) is 5.75 Å². The number of nitrogens with two attached hydrogens (primary N) is 1. The number of rotatable bonds is 4. The van der Waals surface area contributed by atoms with Gasteiger partial charge < -0.3 is 10.5 Å². The molecule has 0 radical (unpaired) electrons.